The predicted octanol–water partition coefficient (Wildman–Crippen LogP) is 5.08. The molecule has 0 spiro atoms. The second-order valence-electron chi connectivity index (χ2n) is 8.95. The molecule has 41 heavy (non-hydrogen) atoms. The van der Waals surface area contributed by atoms with Crippen molar-refractivity contribution in [3.63, 3.8) is 0 Å². The van der Waals surface area contributed by atoms with Gasteiger partial charge < -0.3 is 15.0 Å². The van der Waals surface area contributed by atoms with Gasteiger partial charge in [0.2, 0.25) is 5.88 Å². The fraction of sp³-hybridized carbons (Fsp3) is 0.192. The molecular weight excluding hydrogens is 558 g/mol. The van der Waals surface area contributed by atoms with E-state index in [4.69, 9.17) is 0 Å². The molecule has 2 N–H and O–H groups in total. The van der Waals surface area contributed by atoms with Gasteiger partial charge in [0.05, 0.1) is 36.0 Å². The van der Waals surface area contributed by atoms with Crippen molar-refractivity contribution in [3.05, 3.63) is 88.4 Å². The molecular formula is C26H18F6N6O3. The minimum absolute atomic E-state index is 0.0199. The zero-order valence-corrected chi connectivity index (χ0v) is 20.8. The van der Waals surface area contributed by atoms with Gasteiger partial charge in [0.15, 0.2) is 12.3 Å². The van der Waals surface area contributed by atoms with Crippen LogP contribution in [-0.4, -0.2) is 43.3 Å². The number of carbonyl (C=O) groups excluding carboxylic acids is 1. The normalized spacial score (nSPS) is 13.0. The second-order valence-corrected chi connectivity index (χ2v) is 8.95. The Bertz CT molecular complexity index is 1810. The molecule has 1 unspecified atom stereocenters. The van der Waals surface area contributed by atoms with Gasteiger partial charge in [-0.15, -0.1) is 0 Å². The third kappa shape index (κ3) is 5.83. The van der Waals surface area contributed by atoms with Gasteiger partial charge in [-0.05, 0) is 23.8 Å². The largest absolute Gasteiger partial charge is 0.467 e. The van der Waals surface area contributed by atoms with Gasteiger partial charge in [-0.25, -0.2) is 9.50 Å². The van der Waals surface area contributed by atoms with Crippen LogP contribution >= 0.6 is 0 Å². The molecule has 212 valence electrons. The molecule has 5 aromatic rings. The van der Waals surface area contributed by atoms with Crippen molar-refractivity contribution in [3.8, 4) is 17.1 Å². The van der Waals surface area contributed by atoms with E-state index in [1.807, 2.05) is 24.3 Å². The molecule has 2 aromatic carbocycles. The molecule has 0 aliphatic rings. The van der Waals surface area contributed by atoms with Crippen LogP contribution in [0.25, 0.3) is 27.5 Å². The van der Waals surface area contributed by atoms with Crippen LogP contribution in [0.3, 0.4) is 0 Å². The van der Waals surface area contributed by atoms with Crippen molar-refractivity contribution in [2.24, 2.45) is 0 Å². The Balaban J connectivity index is 1.46. The molecule has 0 fully saturated rings. The summed E-state index contributed by atoms with van der Waals surface area (Å²) in [6, 6.07) is 11.6. The van der Waals surface area contributed by atoms with Crippen molar-refractivity contribution in [2.75, 3.05) is 6.61 Å². The second kappa shape index (κ2) is 10.2. The average Bonchev–Trinajstić information content (AvgIpc) is 3.33. The van der Waals surface area contributed by atoms with Crippen LogP contribution in [-0.2, 0) is 6.18 Å². The average molecular weight is 576 g/mol. The summed E-state index contributed by atoms with van der Waals surface area (Å²) < 4.78 is 84.4. The minimum atomic E-state index is -5.12. The first-order valence-corrected chi connectivity index (χ1v) is 11.8. The molecule has 0 saturated carbocycles. The summed E-state index contributed by atoms with van der Waals surface area (Å²) in [5.41, 5.74) is -3.86. The number of aromatic amines is 1. The zero-order valence-electron chi connectivity index (χ0n) is 20.8. The lowest BCUT2D eigenvalue weighted by Gasteiger charge is -2.14. The number of nitrogens with zero attached hydrogens (tertiary/aromatic N) is 4. The molecule has 5 rings (SSSR count). The Hall–Kier alpha value is -4.95. The van der Waals surface area contributed by atoms with Gasteiger partial charge >= 0.3 is 12.4 Å². The summed E-state index contributed by atoms with van der Waals surface area (Å²) in [4.78, 5) is 35.8. The highest BCUT2D eigenvalue weighted by atomic mass is 19.4. The van der Waals surface area contributed by atoms with E-state index < -0.39 is 59.1 Å². The molecule has 0 aliphatic carbocycles. The smallest absolute Gasteiger partial charge is 0.422 e. The molecule has 0 radical (unpaired) electrons. The van der Waals surface area contributed by atoms with E-state index in [-0.39, 0.29) is 11.4 Å². The van der Waals surface area contributed by atoms with Gasteiger partial charge in [-0.2, -0.15) is 31.4 Å². The Morgan fingerprint density at radius 2 is 1.78 bits per heavy atom. The van der Waals surface area contributed by atoms with Crippen LogP contribution in [0.4, 0.5) is 26.3 Å². The maximum absolute atomic E-state index is 14.1. The number of hydrogen-bond acceptors (Lipinski definition) is 6. The SMILES string of the molecule is CC(NC(=O)c1nn2cc(-c3ccc4ccccc4c3)[nH]c(=O)c2c1C(F)(F)F)c1cnc(OCC(F)(F)F)cn1. The number of ether oxygens (including phenoxy) is 1. The number of rotatable bonds is 6. The third-order valence-corrected chi connectivity index (χ3v) is 6.01. The summed E-state index contributed by atoms with van der Waals surface area (Å²) in [5, 5.41) is 7.84. The maximum Gasteiger partial charge on any atom is 0.422 e. The maximum atomic E-state index is 14.1. The number of H-pyrrole nitrogens is 1. The van der Waals surface area contributed by atoms with Crippen molar-refractivity contribution in [1.29, 1.82) is 0 Å². The Labute approximate surface area is 225 Å². The van der Waals surface area contributed by atoms with Crippen LogP contribution in [0.2, 0.25) is 0 Å². The number of halogens is 6. The zero-order chi connectivity index (χ0) is 29.5. The van der Waals surface area contributed by atoms with E-state index in [2.05, 4.69) is 30.1 Å². The highest BCUT2D eigenvalue weighted by Crippen LogP contribution is 2.35. The fourth-order valence-electron chi connectivity index (χ4n) is 4.13. The summed E-state index contributed by atoms with van der Waals surface area (Å²) in [5.74, 6) is -1.70. The van der Waals surface area contributed by atoms with Crippen LogP contribution in [0, 0.1) is 0 Å². The van der Waals surface area contributed by atoms with Gasteiger partial charge in [-0.1, -0.05) is 36.4 Å². The Morgan fingerprint density at radius 1 is 1.05 bits per heavy atom. The molecule has 9 nitrogen and oxygen atoms in total. The van der Waals surface area contributed by atoms with E-state index in [1.54, 1.807) is 18.2 Å². The van der Waals surface area contributed by atoms with Crippen molar-refractivity contribution in [1.82, 2.24) is 29.9 Å². The first-order chi connectivity index (χ1) is 19.3. The topological polar surface area (TPSA) is 114 Å². The Kier molecular flexibility index (Phi) is 6.88. The molecule has 3 heterocycles. The number of fused-ring (bicyclic) bond motifs is 2. The number of alkyl halides is 6. The number of aromatic nitrogens is 5. The summed E-state index contributed by atoms with van der Waals surface area (Å²) in [6.07, 6.45) is -6.65. The fourth-order valence-corrected chi connectivity index (χ4v) is 4.13. The predicted molar refractivity (Wildman–Crippen MR) is 133 cm³/mol. The molecule has 3 aromatic heterocycles. The first kappa shape index (κ1) is 27.6. The van der Waals surface area contributed by atoms with Crippen LogP contribution in [0.5, 0.6) is 5.88 Å². The van der Waals surface area contributed by atoms with Gasteiger partial charge in [0.1, 0.15) is 11.1 Å². The lowest BCUT2D eigenvalue weighted by Crippen LogP contribution is -2.29. The molecule has 1 atom stereocenters. The van der Waals surface area contributed by atoms with E-state index in [0.717, 1.165) is 23.2 Å². The van der Waals surface area contributed by atoms with E-state index in [0.29, 0.717) is 10.1 Å². The van der Waals surface area contributed by atoms with Gasteiger partial charge in [-0.3, -0.25) is 14.6 Å². The number of carbonyl (C=O) groups is 1. The summed E-state index contributed by atoms with van der Waals surface area (Å²) >= 11 is 0. The van der Waals surface area contributed by atoms with Crippen LogP contribution in [0.1, 0.15) is 34.7 Å². The number of benzene rings is 2. The van der Waals surface area contributed by atoms with E-state index in [9.17, 15) is 35.9 Å². The highest BCUT2D eigenvalue weighted by molar-refractivity contribution is 5.96. The van der Waals surface area contributed by atoms with Gasteiger partial charge in [0.25, 0.3) is 11.5 Å². The minimum Gasteiger partial charge on any atom is -0.467 e. The van der Waals surface area contributed by atoms with Crippen molar-refractivity contribution >= 4 is 22.2 Å². The van der Waals surface area contributed by atoms with Gasteiger partial charge in [0, 0.05) is 5.56 Å². The highest BCUT2D eigenvalue weighted by Gasteiger charge is 2.42. The number of hydrogen-bond donors (Lipinski definition) is 2. The lowest BCUT2D eigenvalue weighted by atomic mass is 10.1. The lowest BCUT2D eigenvalue weighted by molar-refractivity contribution is -0.154. The van der Waals surface area contributed by atoms with Crippen LogP contribution in [0.15, 0.2) is 65.8 Å². The Morgan fingerprint density at radius 3 is 2.44 bits per heavy atom. The molecule has 0 bridgehead atoms. The van der Waals surface area contributed by atoms with Crippen molar-refractivity contribution in [2.45, 2.75) is 25.3 Å². The van der Waals surface area contributed by atoms with E-state index >= 15 is 0 Å². The number of amides is 1. The monoisotopic (exact) mass is 576 g/mol. The quantitative estimate of drug-likeness (QED) is 0.273. The summed E-state index contributed by atoms with van der Waals surface area (Å²) in [7, 11) is 0. The molecule has 0 aliphatic heterocycles. The van der Waals surface area contributed by atoms with E-state index in [1.165, 1.54) is 13.1 Å². The molecule has 15 heteroatoms. The first-order valence-electron chi connectivity index (χ1n) is 11.8. The van der Waals surface area contributed by atoms with Crippen molar-refractivity contribution < 1.29 is 35.9 Å². The number of nitrogens with one attached hydrogen (secondary N) is 2. The van der Waals surface area contributed by atoms with Crippen LogP contribution < -0.4 is 15.6 Å². The standard InChI is InChI=1S/C26H18F6N6O3/c1-13(17-9-34-19(10-33-17)41-12-25(27,28)29)35-23(39)21-20(26(30,31)32)22-24(40)36-18(11-38(22)37-21)16-7-6-14-4-2-3-5-15(14)8-16/h2-11,13H,12H2,1H3,(H,35,39)(H,36,40). The molecule has 1 amide bonds. The third-order valence-electron chi connectivity index (χ3n) is 6.01. The molecule has 0 saturated heterocycles. The summed E-state index contributed by atoms with van der Waals surface area (Å²) in [6.45, 7) is -0.227.